The quantitative estimate of drug-likeness (QED) is 0.146. The fourth-order valence-corrected chi connectivity index (χ4v) is 9.14. The molecule has 1 N–H and O–H groups in total. The molecule has 1 atom stereocenters. The van der Waals surface area contributed by atoms with Gasteiger partial charge in [0.05, 0.1) is 11.1 Å². The summed E-state index contributed by atoms with van der Waals surface area (Å²) in [4.78, 5) is 14.6. The minimum absolute atomic E-state index is 0. The maximum absolute atomic E-state index is 12.1. The summed E-state index contributed by atoms with van der Waals surface area (Å²) in [5.74, 6) is -0.751. The molecule has 6 aromatic carbocycles. The Balaban J connectivity index is 0.00000544. The van der Waals surface area contributed by atoms with Gasteiger partial charge in [-0.2, -0.15) is 0 Å². The molecule has 3 heterocycles. The third-order valence-electron chi connectivity index (χ3n) is 11.8. The van der Waals surface area contributed by atoms with Crippen LogP contribution in [0.2, 0.25) is 0 Å². The van der Waals surface area contributed by atoms with E-state index in [0.29, 0.717) is 5.56 Å². The molecule has 0 saturated heterocycles. The summed E-state index contributed by atoms with van der Waals surface area (Å²) in [6.07, 6.45) is 5.26. The Labute approximate surface area is 385 Å². The van der Waals surface area contributed by atoms with Gasteiger partial charge in [-0.15, -0.1) is 40.7 Å². The maximum atomic E-state index is 12.1. The van der Waals surface area contributed by atoms with E-state index in [-0.39, 0.29) is 37.6 Å². The molecule has 0 saturated carbocycles. The van der Waals surface area contributed by atoms with Crippen LogP contribution in [-0.4, -0.2) is 20.1 Å². The molecule has 3 aromatic heterocycles. The van der Waals surface area contributed by atoms with Gasteiger partial charge < -0.3 is 5.11 Å². The molecule has 310 valence electrons. The van der Waals surface area contributed by atoms with Crippen LogP contribution in [0, 0.1) is 6.07 Å². The van der Waals surface area contributed by atoms with Gasteiger partial charge in [0.15, 0.2) is 0 Å². The zero-order valence-corrected chi connectivity index (χ0v) is 38.8. The third kappa shape index (κ3) is 8.45. The Bertz CT molecular complexity index is 3040. The average molecular weight is 1010 g/mol. The molecule has 62 heavy (non-hydrogen) atoms. The number of nitrogens with zero attached hydrogens (tertiary/aromatic N) is 3. The van der Waals surface area contributed by atoms with Crippen molar-refractivity contribution in [3.63, 3.8) is 0 Å². The first-order chi connectivity index (χ1) is 29.8. The number of rotatable bonds is 9. The van der Waals surface area contributed by atoms with Gasteiger partial charge in [0.25, 0.3) is 0 Å². The monoisotopic (exact) mass is 1010 g/mol. The van der Waals surface area contributed by atoms with Gasteiger partial charge in [-0.25, -0.2) is 4.98 Å². The van der Waals surface area contributed by atoms with E-state index in [2.05, 4.69) is 149 Å². The van der Waals surface area contributed by atoms with Crippen molar-refractivity contribution in [3.05, 3.63) is 204 Å². The standard InChI is InChI=1S/C56H48N3OS.Pt/c1-36(37-24-26-57-27-25-37)40-22-23-50(58-35-40)44-28-43(29-46(30-44)56(5,6)45-20-14-9-15-21-45)47-31-42(39-18-12-8-13-19-39)34-51-52(47)59-54(61-51)48-32-41(38-16-10-7-11-17-38)33-49(53(48)60)55(2,3)4;/h7-27,29-36,60H,1-6H3;/q-1;/i36D;. The topological polar surface area (TPSA) is 58.9 Å². The van der Waals surface area contributed by atoms with E-state index in [4.69, 9.17) is 9.97 Å². The summed E-state index contributed by atoms with van der Waals surface area (Å²) in [5.41, 5.74) is 13.4. The number of hydrogen-bond acceptors (Lipinski definition) is 5. The number of aromatic nitrogens is 3. The molecule has 0 amide bonds. The predicted octanol–water partition coefficient (Wildman–Crippen LogP) is 14.7. The molecule has 4 nitrogen and oxygen atoms in total. The number of phenols is 1. The smallest absolute Gasteiger partial charge is 0.129 e. The van der Waals surface area contributed by atoms with Crippen molar-refractivity contribution in [2.45, 2.75) is 58.3 Å². The van der Waals surface area contributed by atoms with Crippen molar-refractivity contribution < 1.29 is 27.5 Å². The van der Waals surface area contributed by atoms with Gasteiger partial charge in [0.1, 0.15) is 10.8 Å². The first kappa shape index (κ1) is 41.4. The zero-order chi connectivity index (χ0) is 43.2. The van der Waals surface area contributed by atoms with Gasteiger partial charge in [0.2, 0.25) is 0 Å². The Hall–Kier alpha value is -6.00. The van der Waals surface area contributed by atoms with E-state index in [1.165, 1.54) is 5.56 Å². The second-order valence-corrected chi connectivity index (χ2v) is 18.3. The average Bonchev–Trinajstić information content (AvgIpc) is 3.73. The van der Waals surface area contributed by atoms with Crippen LogP contribution in [0.5, 0.6) is 5.75 Å². The van der Waals surface area contributed by atoms with E-state index < -0.39 is 5.89 Å². The molecule has 0 aliphatic carbocycles. The van der Waals surface area contributed by atoms with E-state index in [9.17, 15) is 6.48 Å². The molecule has 0 radical (unpaired) electrons. The minimum Gasteiger partial charge on any atom is -0.507 e. The summed E-state index contributed by atoms with van der Waals surface area (Å²) in [6.45, 7) is 12.8. The summed E-state index contributed by atoms with van der Waals surface area (Å²) in [6, 6.07) is 56.1. The SMILES string of the molecule is [2H]C(C)(c1ccncc1)c1ccc(-c2[c-]c(-c3cc(-c4ccccc4)cc4sc(-c5cc(-c6ccccc6)cc(C(C)(C)C)c5O)nc34)cc(C(C)(C)c3ccccc3)c2)nc1.[Pt]. The molecule has 1 unspecified atom stereocenters. The van der Waals surface area contributed by atoms with Gasteiger partial charge in [0, 0.05) is 68.3 Å². The van der Waals surface area contributed by atoms with Crippen LogP contribution in [0.25, 0.3) is 65.4 Å². The normalized spacial score (nSPS) is 13.0. The molecule has 0 fully saturated rings. The maximum Gasteiger partial charge on any atom is 0.129 e. The molecule has 0 spiro atoms. The summed E-state index contributed by atoms with van der Waals surface area (Å²) < 4.78 is 10.3. The number of phenolic OH excluding ortho intramolecular Hbond substituents is 1. The number of pyridine rings is 2. The second-order valence-electron chi connectivity index (χ2n) is 17.3. The third-order valence-corrected chi connectivity index (χ3v) is 12.9. The molecule has 9 aromatic rings. The van der Waals surface area contributed by atoms with Gasteiger partial charge in [-0.05, 0) is 74.7 Å². The molecular weight excluding hydrogens is 958 g/mol. The molecule has 0 aliphatic rings. The van der Waals surface area contributed by atoms with Crippen LogP contribution in [0.1, 0.15) is 76.6 Å². The Morgan fingerprint density at radius 3 is 1.84 bits per heavy atom. The van der Waals surface area contributed by atoms with Crippen molar-refractivity contribution in [2.24, 2.45) is 0 Å². The number of thiazole rings is 1. The van der Waals surface area contributed by atoms with Crippen LogP contribution in [0.4, 0.5) is 0 Å². The number of aromatic hydroxyl groups is 1. The minimum atomic E-state index is -1.00. The Morgan fingerprint density at radius 1 is 0.629 bits per heavy atom. The molecule has 6 heteroatoms. The first-order valence-corrected chi connectivity index (χ1v) is 21.5. The van der Waals surface area contributed by atoms with Crippen molar-refractivity contribution in [3.8, 4) is 61.0 Å². The molecule has 9 rings (SSSR count). The van der Waals surface area contributed by atoms with E-state index in [0.717, 1.165) is 82.1 Å². The molecule has 0 bridgehead atoms. The van der Waals surface area contributed by atoms with Crippen LogP contribution in [-0.2, 0) is 31.9 Å². The zero-order valence-electron chi connectivity index (χ0n) is 36.7. The Morgan fingerprint density at radius 2 is 1.23 bits per heavy atom. The summed E-state index contributed by atoms with van der Waals surface area (Å²) in [5, 5.41) is 12.8. The van der Waals surface area contributed by atoms with Crippen molar-refractivity contribution >= 4 is 21.6 Å². The number of fused-ring (bicyclic) bond motifs is 1. The Kier molecular flexibility index (Phi) is 11.6. The van der Waals surface area contributed by atoms with Crippen molar-refractivity contribution in [1.82, 2.24) is 15.0 Å². The van der Waals surface area contributed by atoms with Gasteiger partial charge in [-0.3, -0.25) is 9.97 Å². The van der Waals surface area contributed by atoms with Gasteiger partial charge in [-0.1, -0.05) is 162 Å². The summed E-state index contributed by atoms with van der Waals surface area (Å²) >= 11 is 1.60. The van der Waals surface area contributed by atoms with Crippen LogP contribution in [0.3, 0.4) is 0 Å². The van der Waals surface area contributed by atoms with E-state index in [1.54, 1.807) is 23.7 Å². The molecule has 0 aliphatic heterocycles. The van der Waals surface area contributed by atoms with Crippen molar-refractivity contribution in [1.29, 1.82) is 0 Å². The fraction of sp³-hybridized carbons (Fsp3) is 0.161. The van der Waals surface area contributed by atoms with Crippen LogP contribution < -0.4 is 0 Å². The molecular formula is C56H48N3OPtS-. The van der Waals surface area contributed by atoms with Crippen molar-refractivity contribution in [2.75, 3.05) is 0 Å². The fourth-order valence-electron chi connectivity index (χ4n) is 8.09. The summed E-state index contributed by atoms with van der Waals surface area (Å²) in [7, 11) is 0. The first-order valence-electron chi connectivity index (χ1n) is 21.2. The van der Waals surface area contributed by atoms with Crippen LogP contribution in [0.15, 0.2) is 170 Å². The largest absolute Gasteiger partial charge is 0.507 e. The van der Waals surface area contributed by atoms with Gasteiger partial charge >= 0.3 is 0 Å². The number of hydrogen-bond donors (Lipinski definition) is 1. The second kappa shape index (κ2) is 17.4. The van der Waals surface area contributed by atoms with E-state index in [1.807, 2.05) is 61.7 Å². The number of benzene rings is 6. The van der Waals surface area contributed by atoms with E-state index >= 15 is 0 Å². The predicted molar refractivity (Wildman–Crippen MR) is 254 cm³/mol. The van der Waals surface area contributed by atoms with Crippen LogP contribution >= 0.6 is 11.3 Å².